The molecule has 1 aromatic carbocycles. The highest BCUT2D eigenvalue weighted by atomic mass is 16.5. The first-order valence-electron chi connectivity index (χ1n) is 9.37. The Balaban J connectivity index is 1.51. The molecule has 0 atom stereocenters. The van der Waals surface area contributed by atoms with Crippen molar-refractivity contribution in [1.29, 1.82) is 0 Å². The van der Waals surface area contributed by atoms with Gasteiger partial charge in [0.05, 0.1) is 25.2 Å². The van der Waals surface area contributed by atoms with Gasteiger partial charge in [-0.15, -0.1) is 5.10 Å². The molecule has 8 heteroatoms. The van der Waals surface area contributed by atoms with E-state index in [1.54, 1.807) is 23.1 Å². The van der Waals surface area contributed by atoms with Gasteiger partial charge in [0, 0.05) is 26.2 Å². The van der Waals surface area contributed by atoms with Gasteiger partial charge in [-0.1, -0.05) is 17.7 Å². The number of amides is 1. The fourth-order valence-electron chi connectivity index (χ4n) is 3.07. The molecule has 2 aromatic heterocycles. The number of carbonyl (C=O) groups excluding carboxylic acids is 1. The lowest BCUT2D eigenvalue weighted by atomic mass is 10.2. The summed E-state index contributed by atoms with van der Waals surface area (Å²) in [5, 5.41) is 7.33. The fraction of sp³-hybridized carbons (Fsp3) is 0.350. The first-order valence-corrected chi connectivity index (χ1v) is 9.37. The van der Waals surface area contributed by atoms with Gasteiger partial charge in [0.2, 0.25) is 5.82 Å². The van der Waals surface area contributed by atoms with Gasteiger partial charge in [-0.05, 0) is 31.2 Å². The maximum absolute atomic E-state index is 12.6. The van der Waals surface area contributed by atoms with E-state index in [0.29, 0.717) is 18.1 Å². The van der Waals surface area contributed by atoms with Crippen LogP contribution < -0.4 is 5.32 Å². The van der Waals surface area contributed by atoms with Gasteiger partial charge in [0.1, 0.15) is 0 Å². The van der Waals surface area contributed by atoms with Gasteiger partial charge in [-0.2, -0.15) is 4.98 Å². The zero-order valence-corrected chi connectivity index (χ0v) is 15.8. The minimum Gasteiger partial charge on any atom is -0.461 e. The predicted molar refractivity (Wildman–Crippen MR) is 103 cm³/mol. The highest BCUT2D eigenvalue weighted by Gasteiger charge is 2.20. The second-order valence-corrected chi connectivity index (χ2v) is 6.69. The molecule has 0 aliphatic carbocycles. The fourth-order valence-corrected chi connectivity index (χ4v) is 3.07. The molecule has 0 radical (unpaired) electrons. The average molecular weight is 381 g/mol. The number of aromatic nitrogens is 3. The van der Waals surface area contributed by atoms with Crippen LogP contribution in [-0.4, -0.2) is 65.0 Å². The molecule has 0 spiro atoms. The number of ether oxygens (including phenoxy) is 1. The van der Waals surface area contributed by atoms with Crippen LogP contribution in [0.5, 0.6) is 0 Å². The second kappa shape index (κ2) is 8.37. The van der Waals surface area contributed by atoms with E-state index in [1.807, 2.05) is 31.2 Å². The molecule has 1 saturated heterocycles. The monoisotopic (exact) mass is 381 g/mol. The number of furan rings is 1. The van der Waals surface area contributed by atoms with Crippen molar-refractivity contribution >= 4 is 5.91 Å². The summed E-state index contributed by atoms with van der Waals surface area (Å²) in [6, 6.07) is 11.4. The maximum atomic E-state index is 12.6. The molecule has 8 nitrogen and oxygen atoms in total. The van der Waals surface area contributed by atoms with Gasteiger partial charge in [-0.3, -0.25) is 9.69 Å². The summed E-state index contributed by atoms with van der Waals surface area (Å²) < 4.78 is 12.5. The van der Waals surface area contributed by atoms with Gasteiger partial charge < -0.3 is 14.5 Å². The molecular weight excluding hydrogens is 358 g/mol. The number of carbonyl (C=O) groups is 1. The largest absolute Gasteiger partial charge is 0.461 e. The zero-order valence-electron chi connectivity index (χ0n) is 15.8. The van der Waals surface area contributed by atoms with Crippen molar-refractivity contribution in [3.8, 4) is 17.3 Å². The van der Waals surface area contributed by atoms with Gasteiger partial charge >= 0.3 is 0 Å². The molecule has 4 rings (SSSR count). The summed E-state index contributed by atoms with van der Waals surface area (Å²) in [6.45, 7) is 6.59. The van der Waals surface area contributed by atoms with Crippen molar-refractivity contribution < 1.29 is 13.9 Å². The number of aryl methyl sites for hydroxylation is 1. The predicted octanol–water partition coefficient (Wildman–Crippen LogP) is 1.90. The molecule has 1 aliphatic heterocycles. The van der Waals surface area contributed by atoms with Crippen LogP contribution >= 0.6 is 0 Å². The van der Waals surface area contributed by atoms with Gasteiger partial charge in [0.25, 0.3) is 5.91 Å². The van der Waals surface area contributed by atoms with E-state index in [9.17, 15) is 4.79 Å². The van der Waals surface area contributed by atoms with E-state index in [-0.39, 0.29) is 11.7 Å². The van der Waals surface area contributed by atoms with Crippen LogP contribution in [0.3, 0.4) is 0 Å². The Morgan fingerprint density at radius 1 is 1.18 bits per heavy atom. The van der Waals surface area contributed by atoms with Crippen LogP contribution in [0.25, 0.3) is 17.3 Å². The van der Waals surface area contributed by atoms with Crippen LogP contribution in [0.2, 0.25) is 0 Å². The Kier molecular flexibility index (Phi) is 5.50. The highest BCUT2D eigenvalue weighted by molar-refractivity contribution is 5.90. The van der Waals surface area contributed by atoms with E-state index in [2.05, 4.69) is 20.3 Å². The smallest absolute Gasteiger partial charge is 0.291 e. The molecule has 3 aromatic rings. The summed E-state index contributed by atoms with van der Waals surface area (Å²) in [5.74, 6) is 0.869. The number of hydrogen-bond donors (Lipinski definition) is 1. The molecule has 1 N–H and O–H groups in total. The second-order valence-electron chi connectivity index (χ2n) is 6.69. The Hall–Kier alpha value is -2.97. The minimum absolute atomic E-state index is 0.119. The van der Waals surface area contributed by atoms with Crippen molar-refractivity contribution in [3.05, 3.63) is 54.0 Å². The summed E-state index contributed by atoms with van der Waals surface area (Å²) in [4.78, 5) is 19.3. The topological polar surface area (TPSA) is 85.4 Å². The zero-order chi connectivity index (χ0) is 19.3. The van der Waals surface area contributed by atoms with Crippen molar-refractivity contribution in [2.45, 2.75) is 6.92 Å². The van der Waals surface area contributed by atoms with Gasteiger partial charge in [0.15, 0.2) is 11.6 Å². The first-order chi connectivity index (χ1) is 13.7. The quantitative estimate of drug-likeness (QED) is 0.702. The Morgan fingerprint density at radius 3 is 2.68 bits per heavy atom. The number of nitrogens with one attached hydrogen (secondary N) is 1. The molecule has 28 heavy (non-hydrogen) atoms. The third-order valence-electron chi connectivity index (χ3n) is 4.65. The van der Waals surface area contributed by atoms with Crippen molar-refractivity contribution in [1.82, 2.24) is 25.0 Å². The van der Waals surface area contributed by atoms with Crippen molar-refractivity contribution in [2.24, 2.45) is 0 Å². The number of morpholine rings is 1. The molecule has 1 fully saturated rings. The average Bonchev–Trinajstić information content (AvgIpc) is 3.39. The molecule has 146 valence electrons. The Morgan fingerprint density at radius 2 is 1.96 bits per heavy atom. The third-order valence-corrected chi connectivity index (χ3v) is 4.65. The van der Waals surface area contributed by atoms with E-state index >= 15 is 0 Å². The van der Waals surface area contributed by atoms with Crippen molar-refractivity contribution in [2.75, 3.05) is 39.4 Å². The van der Waals surface area contributed by atoms with E-state index in [0.717, 1.165) is 44.1 Å². The lowest BCUT2D eigenvalue weighted by molar-refractivity contribution is 0.0383. The summed E-state index contributed by atoms with van der Waals surface area (Å²) in [7, 11) is 0. The number of nitrogens with zero attached hydrogens (tertiary/aromatic N) is 4. The molecule has 0 bridgehead atoms. The minimum atomic E-state index is -0.299. The van der Waals surface area contributed by atoms with Crippen LogP contribution in [0.1, 0.15) is 16.2 Å². The number of hydrogen-bond acceptors (Lipinski definition) is 6. The molecular formula is C20H23N5O3. The van der Waals surface area contributed by atoms with Gasteiger partial charge in [-0.25, -0.2) is 4.68 Å². The standard InChI is InChI=1S/C20H23N5O3/c1-15-4-6-16(7-5-15)25-19(17-3-2-12-28-17)22-18(23-25)20(26)21-8-9-24-10-13-27-14-11-24/h2-7,12H,8-11,13-14H2,1H3,(H,21,26). The van der Waals surface area contributed by atoms with Crippen LogP contribution in [-0.2, 0) is 4.74 Å². The lowest BCUT2D eigenvalue weighted by Crippen LogP contribution is -2.41. The SMILES string of the molecule is Cc1ccc(-n2nc(C(=O)NCCN3CCOCC3)nc2-c2ccco2)cc1. The number of benzene rings is 1. The summed E-state index contributed by atoms with van der Waals surface area (Å²) >= 11 is 0. The number of rotatable bonds is 6. The van der Waals surface area contributed by atoms with E-state index in [1.165, 1.54) is 0 Å². The molecule has 1 aliphatic rings. The maximum Gasteiger partial charge on any atom is 0.291 e. The molecule has 3 heterocycles. The van der Waals surface area contributed by atoms with E-state index < -0.39 is 0 Å². The third kappa shape index (κ3) is 4.13. The van der Waals surface area contributed by atoms with Crippen molar-refractivity contribution in [3.63, 3.8) is 0 Å². The molecule has 0 saturated carbocycles. The lowest BCUT2D eigenvalue weighted by Gasteiger charge is -2.26. The normalized spacial score (nSPS) is 14.9. The van der Waals surface area contributed by atoms with Crippen LogP contribution in [0.4, 0.5) is 0 Å². The van der Waals surface area contributed by atoms with E-state index in [4.69, 9.17) is 9.15 Å². The van der Waals surface area contributed by atoms with Crippen LogP contribution in [0.15, 0.2) is 47.1 Å². The summed E-state index contributed by atoms with van der Waals surface area (Å²) in [6.07, 6.45) is 1.57. The molecule has 0 unspecified atom stereocenters. The Labute approximate surface area is 163 Å². The Bertz CT molecular complexity index is 912. The first kappa shape index (κ1) is 18.4. The van der Waals surface area contributed by atoms with Crippen LogP contribution in [0, 0.1) is 6.92 Å². The summed E-state index contributed by atoms with van der Waals surface area (Å²) in [5.41, 5.74) is 1.96. The highest BCUT2D eigenvalue weighted by Crippen LogP contribution is 2.22. The molecule has 1 amide bonds.